The van der Waals surface area contributed by atoms with E-state index in [0.29, 0.717) is 6.54 Å². The summed E-state index contributed by atoms with van der Waals surface area (Å²) in [6, 6.07) is 8.43. The van der Waals surface area contributed by atoms with Crippen molar-refractivity contribution in [3.8, 4) is 0 Å². The first-order valence-electron chi connectivity index (χ1n) is 5.47. The summed E-state index contributed by atoms with van der Waals surface area (Å²) in [6.07, 6.45) is 2.60. The second-order valence-corrected chi connectivity index (χ2v) is 4.10. The molecule has 0 aliphatic heterocycles. The zero-order valence-corrected chi connectivity index (χ0v) is 9.11. The van der Waals surface area contributed by atoms with Crippen molar-refractivity contribution in [3.63, 3.8) is 0 Å². The second kappa shape index (κ2) is 5.09. The minimum absolute atomic E-state index is 0.0949. The van der Waals surface area contributed by atoms with E-state index in [9.17, 15) is 4.79 Å². The van der Waals surface area contributed by atoms with Crippen LogP contribution in [0.15, 0.2) is 24.3 Å². The molecule has 0 radical (unpaired) electrons. The smallest absolute Gasteiger partial charge is 0.245 e. The van der Waals surface area contributed by atoms with Gasteiger partial charge in [-0.15, -0.1) is 0 Å². The molecule has 0 atom stereocenters. The number of benzene rings is 1. The number of hydroxylamine groups is 1. The fourth-order valence-corrected chi connectivity index (χ4v) is 1.63. The fraction of sp³-hybridized carbons (Fsp3) is 0.417. The number of nitrogens with one attached hydrogen (secondary N) is 1. The number of carbonyl (C=O) groups excluding carboxylic acids is 1. The van der Waals surface area contributed by atoms with Crippen LogP contribution in [0.3, 0.4) is 0 Å². The first-order chi connectivity index (χ1) is 7.75. The van der Waals surface area contributed by atoms with Crippen molar-refractivity contribution in [2.45, 2.75) is 25.3 Å². The summed E-state index contributed by atoms with van der Waals surface area (Å²) in [6.45, 7) is 0.496. The number of carbonyl (C=O) groups is 1. The molecule has 0 spiro atoms. The van der Waals surface area contributed by atoms with Gasteiger partial charge in [0.15, 0.2) is 0 Å². The van der Waals surface area contributed by atoms with Gasteiger partial charge < -0.3 is 5.73 Å². The molecule has 3 N–H and O–H groups in total. The van der Waals surface area contributed by atoms with Crippen molar-refractivity contribution in [1.82, 2.24) is 5.48 Å². The third-order valence-electron chi connectivity index (χ3n) is 2.59. The zero-order valence-electron chi connectivity index (χ0n) is 9.11. The van der Waals surface area contributed by atoms with E-state index < -0.39 is 5.91 Å². The Labute approximate surface area is 94.7 Å². The first kappa shape index (κ1) is 11.1. The van der Waals surface area contributed by atoms with Gasteiger partial charge in [-0.05, 0) is 29.9 Å². The molecule has 0 bridgehead atoms. The normalized spacial score (nSPS) is 15.0. The minimum atomic E-state index is -0.473. The SMILES string of the molecule is NC(=O)CONCc1cccc(C2CC2)c1. The van der Waals surface area contributed by atoms with Crippen molar-refractivity contribution in [3.05, 3.63) is 35.4 Å². The summed E-state index contributed by atoms with van der Waals surface area (Å²) in [5.41, 5.74) is 10.2. The molecule has 4 nitrogen and oxygen atoms in total. The van der Waals surface area contributed by atoms with E-state index in [1.54, 1.807) is 0 Å². The van der Waals surface area contributed by atoms with E-state index in [1.165, 1.54) is 18.4 Å². The Morgan fingerprint density at radius 1 is 1.50 bits per heavy atom. The Balaban J connectivity index is 1.79. The summed E-state index contributed by atoms with van der Waals surface area (Å²) < 4.78 is 0. The van der Waals surface area contributed by atoms with E-state index in [4.69, 9.17) is 10.6 Å². The molecule has 0 heterocycles. The Hall–Kier alpha value is -1.39. The Morgan fingerprint density at radius 2 is 2.31 bits per heavy atom. The summed E-state index contributed by atoms with van der Waals surface area (Å²) in [7, 11) is 0. The molecule has 1 aliphatic carbocycles. The van der Waals surface area contributed by atoms with Gasteiger partial charge in [-0.1, -0.05) is 24.3 Å². The maximum absolute atomic E-state index is 10.4. The Kier molecular flexibility index (Phi) is 3.54. The second-order valence-electron chi connectivity index (χ2n) is 4.10. The number of rotatable bonds is 6. The van der Waals surface area contributed by atoms with Gasteiger partial charge in [0.1, 0.15) is 6.61 Å². The van der Waals surface area contributed by atoms with E-state index in [-0.39, 0.29) is 6.61 Å². The van der Waals surface area contributed by atoms with Crippen molar-refractivity contribution in [2.24, 2.45) is 5.73 Å². The molecule has 86 valence electrons. The standard InChI is InChI=1S/C12H16N2O2/c13-12(15)8-16-14-7-9-2-1-3-11(6-9)10-4-5-10/h1-3,6,10,14H,4-5,7-8H2,(H2,13,15). The Bertz CT molecular complexity index is 375. The molecule has 4 heteroatoms. The maximum atomic E-state index is 10.4. The van der Waals surface area contributed by atoms with E-state index in [1.807, 2.05) is 6.07 Å². The monoisotopic (exact) mass is 220 g/mol. The predicted octanol–water partition coefficient (Wildman–Crippen LogP) is 1.07. The summed E-state index contributed by atoms with van der Waals surface area (Å²) in [5.74, 6) is 0.283. The van der Waals surface area contributed by atoms with Gasteiger partial charge in [-0.3, -0.25) is 9.63 Å². The lowest BCUT2D eigenvalue weighted by Gasteiger charge is -2.06. The minimum Gasteiger partial charge on any atom is -0.368 e. The van der Waals surface area contributed by atoms with E-state index >= 15 is 0 Å². The van der Waals surface area contributed by atoms with Gasteiger partial charge in [0, 0.05) is 6.54 Å². The number of amides is 1. The molecule has 16 heavy (non-hydrogen) atoms. The van der Waals surface area contributed by atoms with Gasteiger partial charge in [0.2, 0.25) is 5.91 Å². The molecule has 1 aliphatic rings. The molecule has 0 aromatic heterocycles. The molecule has 1 saturated carbocycles. The van der Waals surface area contributed by atoms with Crippen molar-refractivity contribution in [2.75, 3.05) is 6.61 Å². The van der Waals surface area contributed by atoms with Crippen molar-refractivity contribution >= 4 is 5.91 Å². The molecule has 0 unspecified atom stereocenters. The maximum Gasteiger partial charge on any atom is 0.245 e. The molecule has 1 fully saturated rings. The average Bonchev–Trinajstić information content (AvgIpc) is 3.08. The van der Waals surface area contributed by atoms with Crippen LogP contribution in [-0.2, 0) is 16.2 Å². The van der Waals surface area contributed by atoms with Crippen molar-refractivity contribution < 1.29 is 9.63 Å². The van der Waals surface area contributed by atoms with Gasteiger partial charge in [-0.25, -0.2) is 0 Å². The topological polar surface area (TPSA) is 64.4 Å². The average molecular weight is 220 g/mol. The summed E-state index contributed by atoms with van der Waals surface area (Å²) >= 11 is 0. The molecule has 1 aromatic rings. The van der Waals surface area contributed by atoms with Crippen LogP contribution in [0, 0.1) is 0 Å². The largest absolute Gasteiger partial charge is 0.368 e. The van der Waals surface area contributed by atoms with E-state index in [0.717, 1.165) is 11.5 Å². The highest BCUT2D eigenvalue weighted by Gasteiger charge is 2.23. The van der Waals surface area contributed by atoms with Crippen LogP contribution in [0.4, 0.5) is 0 Å². The van der Waals surface area contributed by atoms with Crippen LogP contribution in [0.2, 0.25) is 0 Å². The third-order valence-corrected chi connectivity index (χ3v) is 2.59. The lowest BCUT2D eigenvalue weighted by molar-refractivity contribution is -0.125. The molecule has 1 amide bonds. The highest BCUT2D eigenvalue weighted by atomic mass is 16.6. The predicted molar refractivity (Wildman–Crippen MR) is 60.4 cm³/mol. The van der Waals surface area contributed by atoms with Gasteiger partial charge in [0.05, 0.1) is 0 Å². The van der Waals surface area contributed by atoms with Crippen LogP contribution >= 0.6 is 0 Å². The first-order valence-corrected chi connectivity index (χ1v) is 5.47. The molecule has 1 aromatic carbocycles. The van der Waals surface area contributed by atoms with Crippen LogP contribution in [-0.4, -0.2) is 12.5 Å². The quantitative estimate of drug-likeness (QED) is 0.556. The summed E-state index contributed by atoms with van der Waals surface area (Å²) in [5, 5.41) is 0. The molecular weight excluding hydrogens is 204 g/mol. The van der Waals surface area contributed by atoms with Crippen molar-refractivity contribution in [1.29, 1.82) is 0 Å². The van der Waals surface area contributed by atoms with Crippen LogP contribution in [0.5, 0.6) is 0 Å². The lowest BCUT2D eigenvalue weighted by atomic mass is 10.1. The van der Waals surface area contributed by atoms with Gasteiger partial charge >= 0.3 is 0 Å². The number of nitrogens with two attached hydrogens (primary N) is 1. The highest BCUT2D eigenvalue weighted by molar-refractivity contribution is 5.74. The molecular formula is C12H16N2O2. The lowest BCUT2D eigenvalue weighted by Crippen LogP contribution is -2.24. The number of hydrogen-bond acceptors (Lipinski definition) is 3. The fourth-order valence-electron chi connectivity index (χ4n) is 1.63. The van der Waals surface area contributed by atoms with Gasteiger partial charge in [-0.2, -0.15) is 5.48 Å². The number of hydrogen-bond donors (Lipinski definition) is 2. The molecule has 2 rings (SSSR count). The van der Waals surface area contributed by atoms with Gasteiger partial charge in [0.25, 0.3) is 0 Å². The van der Waals surface area contributed by atoms with Crippen LogP contribution in [0.25, 0.3) is 0 Å². The van der Waals surface area contributed by atoms with Crippen LogP contribution in [0.1, 0.15) is 29.9 Å². The number of primary amides is 1. The van der Waals surface area contributed by atoms with Crippen LogP contribution < -0.4 is 11.2 Å². The summed E-state index contributed by atoms with van der Waals surface area (Å²) in [4.78, 5) is 15.3. The zero-order chi connectivity index (χ0) is 11.4. The third kappa shape index (κ3) is 3.32. The highest BCUT2D eigenvalue weighted by Crippen LogP contribution is 2.40. The Morgan fingerprint density at radius 3 is 3.00 bits per heavy atom. The van der Waals surface area contributed by atoms with E-state index in [2.05, 4.69) is 23.7 Å². The molecule has 0 saturated heterocycles.